The maximum absolute atomic E-state index is 5.83. The highest BCUT2D eigenvalue weighted by Crippen LogP contribution is 2.26. The summed E-state index contributed by atoms with van der Waals surface area (Å²) in [7, 11) is 2.08. The molecule has 0 aliphatic carbocycles. The van der Waals surface area contributed by atoms with Crippen molar-refractivity contribution in [2.24, 2.45) is 5.73 Å². The number of nitrogens with zero attached hydrogens (tertiary/aromatic N) is 2. The Hall–Kier alpha value is -2.17. The lowest BCUT2D eigenvalue weighted by molar-refractivity contribution is 0.312. The first-order chi connectivity index (χ1) is 10.3. The number of nitrogens with two attached hydrogens (primary N) is 1. The first-order valence-electron chi connectivity index (χ1n) is 7.05. The molecule has 0 saturated heterocycles. The van der Waals surface area contributed by atoms with Crippen LogP contribution in [0.3, 0.4) is 0 Å². The number of hydrogen-bond donors (Lipinski definition) is 1. The third-order valence-electron chi connectivity index (χ3n) is 3.55. The number of pyridine rings is 1. The summed E-state index contributed by atoms with van der Waals surface area (Å²) in [4.78, 5) is 6.58. The molecule has 0 atom stereocenters. The van der Waals surface area contributed by atoms with Crippen LogP contribution in [0.5, 0.6) is 0 Å². The molecule has 0 spiro atoms. The predicted molar refractivity (Wildman–Crippen MR) is 83.5 cm³/mol. The second-order valence-corrected chi connectivity index (χ2v) is 5.20. The molecule has 0 saturated carbocycles. The maximum Gasteiger partial charge on any atom is 0.134 e. The van der Waals surface area contributed by atoms with E-state index in [2.05, 4.69) is 23.0 Å². The molecule has 3 aromatic rings. The van der Waals surface area contributed by atoms with Gasteiger partial charge < -0.3 is 10.2 Å². The van der Waals surface area contributed by atoms with Gasteiger partial charge in [0.25, 0.3) is 0 Å². The fraction of sp³-hybridized carbons (Fsp3) is 0.235. The van der Waals surface area contributed by atoms with Gasteiger partial charge in [0.05, 0.1) is 12.2 Å². The normalized spacial score (nSPS) is 11.4. The molecule has 21 heavy (non-hydrogen) atoms. The van der Waals surface area contributed by atoms with E-state index in [0.717, 1.165) is 35.5 Å². The zero-order valence-electron chi connectivity index (χ0n) is 12.1. The van der Waals surface area contributed by atoms with Gasteiger partial charge in [0, 0.05) is 30.2 Å². The molecule has 0 bridgehead atoms. The first-order valence-corrected chi connectivity index (χ1v) is 7.05. The van der Waals surface area contributed by atoms with Crippen molar-refractivity contribution in [2.75, 3.05) is 7.05 Å². The van der Waals surface area contributed by atoms with Gasteiger partial charge in [0.2, 0.25) is 0 Å². The Morgan fingerprint density at radius 1 is 1.10 bits per heavy atom. The first kappa shape index (κ1) is 13.8. The fourth-order valence-electron chi connectivity index (χ4n) is 2.58. The maximum atomic E-state index is 5.83. The highest BCUT2D eigenvalue weighted by molar-refractivity contribution is 5.82. The van der Waals surface area contributed by atoms with Crippen molar-refractivity contribution in [3.63, 3.8) is 0 Å². The molecule has 0 radical (unpaired) electrons. The number of para-hydroxylation sites is 1. The molecule has 2 N–H and O–H groups in total. The summed E-state index contributed by atoms with van der Waals surface area (Å²) < 4.78 is 5.83. The average Bonchev–Trinajstić information content (AvgIpc) is 2.86. The molecule has 1 aromatic carbocycles. The summed E-state index contributed by atoms with van der Waals surface area (Å²) >= 11 is 0. The lowest BCUT2D eigenvalue weighted by atomic mass is 10.1. The van der Waals surface area contributed by atoms with Crippen LogP contribution in [0.25, 0.3) is 11.0 Å². The van der Waals surface area contributed by atoms with E-state index in [1.165, 1.54) is 5.56 Å². The zero-order chi connectivity index (χ0) is 14.7. The number of furan rings is 1. The summed E-state index contributed by atoms with van der Waals surface area (Å²) in [6.07, 6.45) is 1.82. The summed E-state index contributed by atoms with van der Waals surface area (Å²) in [6, 6.07) is 14.1. The van der Waals surface area contributed by atoms with E-state index in [9.17, 15) is 0 Å². The highest BCUT2D eigenvalue weighted by Gasteiger charge is 2.14. The predicted octanol–water partition coefficient (Wildman–Crippen LogP) is 2.92. The number of benzene rings is 1. The Kier molecular flexibility index (Phi) is 3.99. The standard InChI is InChI=1S/C17H19N3O/c1-20(11-13-6-4-5-9-19-13)12-15-14-7-2-3-8-16(14)21-17(15)10-18/h2-9H,10-12,18H2,1H3. The van der Waals surface area contributed by atoms with Gasteiger partial charge in [-0.3, -0.25) is 9.88 Å². The molecule has 108 valence electrons. The Morgan fingerprint density at radius 3 is 2.67 bits per heavy atom. The van der Waals surface area contributed by atoms with Gasteiger partial charge in [0.1, 0.15) is 11.3 Å². The van der Waals surface area contributed by atoms with Crippen molar-refractivity contribution in [1.29, 1.82) is 0 Å². The van der Waals surface area contributed by atoms with E-state index >= 15 is 0 Å². The van der Waals surface area contributed by atoms with Crippen LogP contribution in [0, 0.1) is 0 Å². The van der Waals surface area contributed by atoms with Crippen molar-refractivity contribution in [3.05, 3.63) is 65.7 Å². The van der Waals surface area contributed by atoms with Crippen LogP contribution in [0.4, 0.5) is 0 Å². The second kappa shape index (κ2) is 6.08. The molecular weight excluding hydrogens is 262 g/mol. The Balaban J connectivity index is 1.84. The Morgan fingerprint density at radius 2 is 1.90 bits per heavy atom. The number of aromatic nitrogens is 1. The minimum Gasteiger partial charge on any atom is -0.459 e. The number of rotatable bonds is 5. The van der Waals surface area contributed by atoms with Crippen LogP contribution in [0.15, 0.2) is 53.1 Å². The van der Waals surface area contributed by atoms with Crippen LogP contribution in [-0.2, 0) is 19.6 Å². The lowest BCUT2D eigenvalue weighted by Gasteiger charge is -2.16. The molecular formula is C17H19N3O. The minimum atomic E-state index is 0.418. The largest absolute Gasteiger partial charge is 0.459 e. The lowest BCUT2D eigenvalue weighted by Crippen LogP contribution is -2.18. The van der Waals surface area contributed by atoms with E-state index in [0.29, 0.717) is 6.54 Å². The van der Waals surface area contributed by atoms with E-state index < -0.39 is 0 Å². The van der Waals surface area contributed by atoms with Gasteiger partial charge in [-0.25, -0.2) is 0 Å². The zero-order valence-corrected chi connectivity index (χ0v) is 12.1. The van der Waals surface area contributed by atoms with Crippen LogP contribution >= 0.6 is 0 Å². The Labute approximate surface area is 124 Å². The molecule has 2 heterocycles. The van der Waals surface area contributed by atoms with E-state index in [1.807, 2.05) is 42.6 Å². The third-order valence-corrected chi connectivity index (χ3v) is 3.55. The van der Waals surface area contributed by atoms with Gasteiger partial charge in [-0.2, -0.15) is 0 Å². The average molecular weight is 281 g/mol. The van der Waals surface area contributed by atoms with Gasteiger partial charge in [0.15, 0.2) is 0 Å². The third kappa shape index (κ3) is 2.96. The van der Waals surface area contributed by atoms with Crippen molar-refractivity contribution in [3.8, 4) is 0 Å². The molecule has 4 heteroatoms. The molecule has 4 nitrogen and oxygen atoms in total. The molecule has 0 aliphatic rings. The van der Waals surface area contributed by atoms with Crippen LogP contribution in [-0.4, -0.2) is 16.9 Å². The molecule has 2 aromatic heterocycles. The minimum absolute atomic E-state index is 0.418. The number of hydrogen-bond acceptors (Lipinski definition) is 4. The SMILES string of the molecule is CN(Cc1ccccn1)Cc1c(CN)oc2ccccc12. The van der Waals surface area contributed by atoms with Crippen LogP contribution < -0.4 is 5.73 Å². The quantitative estimate of drug-likeness (QED) is 0.781. The summed E-state index contributed by atoms with van der Waals surface area (Å²) in [5, 5.41) is 1.14. The Bertz CT molecular complexity index is 721. The van der Waals surface area contributed by atoms with E-state index in [-0.39, 0.29) is 0 Å². The summed E-state index contributed by atoms with van der Waals surface area (Å²) in [5.41, 5.74) is 8.95. The van der Waals surface area contributed by atoms with E-state index in [1.54, 1.807) is 0 Å². The van der Waals surface area contributed by atoms with Crippen molar-refractivity contribution in [2.45, 2.75) is 19.6 Å². The second-order valence-electron chi connectivity index (χ2n) is 5.20. The van der Waals surface area contributed by atoms with Crippen LogP contribution in [0.2, 0.25) is 0 Å². The highest BCUT2D eigenvalue weighted by atomic mass is 16.3. The molecule has 0 amide bonds. The summed E-state index contributed by atoms with van der Waals surface area (Å²) in [6.45, 7) is 2.01. The molecule has 0 unspecified atom stereocenters. The van der Waals surface area contributed by atoms with Gasteiger partial charge in [-0.05, 0) is 25.2 Å². The monoisotopic (exact) mass is 281 g/mol. The molecule has 0 fully saturated rings. The molecule has 0 aliphatic heterocycles. The van der Waals surface area contributed by atoms with Crippen molar-refractivity contribution < 1.29 is 4.42 Å². The summed E-state index contributed by atoms with van der Waals surface area (Å²) in [5.74, 6) is 0.865. The van der Waals surface area contributed by atoms with Gasteiger partial charge in [-0.15, -0.1) is 0 Å². The number of fused-ring (bicyclic) bond motifs is 1. The van der Waals surface area contributed by atoms with Crippen LogP contribution in [0.1, 0.15) is 17.0 Å². The van der Waals surface area contributed by atoms with Crippen molar-refractivity contribution >= 4 is 11.0 Å². The van der Waals surface area contributed by atoms with Gasteiger partial charge >= 0.3 is 0 Å². The smallest absolute Gasteiger partial charge is 0.134 e. The topological polar surface area (TPSA) is 55.3 Å². The fourth-order valence-corrected chi connectivity index (χ4v) is 2.58. The molecule has 3 rings (SSSR count). The van der Waals surface area contributed by atoms with E-state index in [4.69, 9.17) is 10.2 Å². The van der Waals surface area contributed by atoms with Crippen molar-refractivity contribution in [1.82, 2.24) is 9.88 Å². The van der Waals surface area contributed by atoms with Gasteiger partial charge in [-0.1, -0.05) is 24.3 Å².